The number of aromatic nitrogens is 2. The van der Waals surface area contributed by atoms with Crippen LogP contribution in [0.15, 0.2) is 24.4 Å². The molecule has 7 nitrogen and oxygen atoms in total. The minimum Gasteiger partial charge on any atom is -0.480 e. The number of nitrogens with zero attached hydrogens (tertiary/aromatic N) is 2. The molecule has 0 bridgehead atoms. The van der Waals surface area contributed by atoms with Crippen LogP contribution in [0.25, 0.3) is 5.65 Å². The Hall–Kier alpha value is -2.41. The first-order chi connectivity index (χ1) is 9.41. The van der Waals surface area contributed by atoms with Gasteiger partial charge in [0.05, 0.1) is 11.8 Å². The van der Waals surface area contributed by atoms with Crippen LogP contribution < -0.4 is 5.32 Å². The number of aliphatic hydroxyl groups is 1. The predicted molar refractivity (Wildman–Crippen MR) is 70.5 cm³/mol. The number of carbonyl (C=O) groups excluding carboxylic acids is 1. The highest BCUT2D eigenvalue weighted by Gasteiger charge is 2.27. The van der Waals surface area contributed by atoms with Gasteiger partial charge < -0.3 is 15.5 Å². The van der Waals surface area contributed by atoms with Gasteiger partial charge in [-0.2, -0.15) is 0 Å². The minimum absolute atomic E-state index is 0.257. The summed E-state index contributed by atoms with van der Waals surface area (Å²) < 4.78 is 1.58. The molecule has 0 aliphatic heterocycles. The first-order valence-electron chi connectivity index (χ1n) is 6.07. The van der Waals surface area contributed by atoms with Gasteiger partial charge in [-0.05, 0) is 26.0 Å². The fourth-order valence-electron chi connectivity index (χ4n) is 1.99. The van der Waals surface area contributed by atoms with E-state index in [-0.39, 0.29) is 5.69 Å². The molecule has 2 heterocycles. The Morgan fingerprint density at radius 3 is 2.70 bits per heavy atom. The van der Waals surface area contributed by atoms with E-state index in [0.717, 1.165) is 0 Å². The topological polar surface area (TPSA) is 104 Å². The summed E-state index contributed by atoms with van der Waals surface area (Å²) in [5, 5.41) is 20.7. The molecule has 2 rings (SSSR count). The van der Waals surface area contributed by atoms with Gasteiger partial charge in [0.25, 0.3) is 5.91 Å². The van der Waals surface area contributed by atoms with Crippen molar-refractivity contribution in [3.63, 3.8) is 0 Å². The van der Waals surface area contributed by atoms with Crippen molar-refractivity contribution in [1.29, 1.82) is 0 Å². The number of amides is 1. The van der Waals surface area contributed by atoms with E-state index in [1.807, 2.05) is 0 Å². The van der Waals surface area contributed by atoms with Crippen LogP contribution in [0.2, 0.25) is 0 Å². The number of nitrogens with one attached hydrogen (secondary N) is 1. The van der Waals surface area contributed by atoms with Crippen LogP contribution >= 0.6 is 0 Å². The van der Waals surface area contributed by atoms with E-state index >= 15 is 0 Å². The predicted octanol–water partition coefficient (Wildman–Crippen LogP) is 0.207. The molecule has 106 valence electrons. The number of carboxylic acids is 1. The average molecular weight is 277 g/mol. The number of aliphatic hydroxyl groups excluding tert-OH is 1. The maximum atomic E-state index is 12.2. The Morgan fingerprint density at radius 1 is 1.40 bits per heavy atom. The number of aliphatic carboxylic acids is 1. The Kier molecular flexibility index (Phi) is 3.71. The van der Waals surface area contributed by atoms with E-state index in [0.29, 0.717) is 11.3 Å². The third-order valence-corrected chi connectivity index (χ3v) is 2.95. The maximum Gasteiger partial charge on any atom is 0.328 e. The van der Waals surface area contributed by atoms with E-state index in [2.05, 4.69) is 10.3 Å². The summed E-state index contributed by atoms with van der Waals surface area (Å²) in [6.45, 7) is 2.97. The van der Waals surface area contributed by atoms with Crippen molar-refractivity contribution in [3.05, 3.63) is 35.8 Å². The monoisotopic (exact) mass is 277 g/mol. The zero-order chi connectivity index (χ0) is 14.9. The molecule has 1 amide bonds. The Labute approximate surface area is 114 Å². The van der Waals surface area contributed by atoms with E-state index in [1.165, 1.54) is 6.92 Å². The van der Waals surface area contributed by atoms with Gasteiger partial charge in [0.2, 0.25) is 0 Å². The number of imidazole rings is 1. The normalized spacial score (nSPS) is 13.9. The van der Waals surface area contributed by atoms with Crippen LogP contribution in [-0.2, 0) is 4.79 Å². The van der Waals surface area contributed by atoms with Crippen molar-refractivity contribution >= 4 is 17.5 Å². The standard InChI is InChI=1S/C13H15N3O4/c1-7-11(16-6-4-3-5-9(16)14-7)12(18)15-10(8(2)17)13(19)20/h3-6,8,10,17H,1-2H3,(H,15,18)(H,19,20). The molecule has 0 radical (unpaired) electrons. The smallest absolute Gasteiger partial charge is 0.328 e. The summed E-state index contributed by atoms with van der Waals surface area (Å²) in [4.78, 5) is 27.4. The second-order valence-corrected chi connectivity index (χ2v) is 4.50. The van der Waals surface area contributed by atoms with Crippen LogP contribution in [-0.4, -0.2) is 43.6 Å². The van der Waals surface area contributed by atoms with Gasteiger partial charge in [-0.1, -0.05) is 6.07 Å². The maximum absolute atomic E-state index is 12.2. The van der Waals surface area contributed by atoms with Crippen molar-refractivity contribution < 1.29 is 19.8 Å². The van der Waals surface area contributed by atoms with Gasteiger partial charge in [-0.25, -0.2) is 9.78 Å². The van der Waals surface area contributed by atoms with Gasteiger partial charge in [0, 0.05) is 6.20 Å². The van der Waals surface area contributed by atoms with E-state index in [1.54, 1.807) is 35.7 Å². The van der Waals surface area contributed by atoms with Crippen LogP contribution in [0.4, 0.5) is 0 Å². The Morgan fingerprint density at radius 2 is 2.10 bits per heavy atom. The molecule has 0 saturated carbocycles. The Bertz CT molecular complexity index is 663. The molecule has 2 aromatic rings. The first-order valence-corrected chi connectivity index (χ1v) is 6.07. The van der Waals surface area contributed by atoms with Gasteiger partial charge >= 0.3 is 5.97 Å². The number of rotatable bonds is 4. The number of aryl methyl sites for hydroxylation is 1. The summed E-state index contributed by atoms with van der Waals surface area (Å²) in [6.07, 6.45) is 0.471. The molecular formula is C13H15N3O4. The second-order valence-electron chi connectivity index (χ2n) is 4.50. The average Bonchev–Trinajstić information content (AvgIpc) is 2.70. The van der Waals surface area contributed by atoms with Crippen LogP contribution in [0.1, 0.15) is 23.1 Å². The highest BCUT2D eigenvalue weighted by atomic mass is 16.4. The molecule has 20 heavy (non-hydrogen) atoms. The third kappa shape index (κ3) is 2.48. The third-order valence-electron chi connectivity index (χ3n) is 2.95. The molecule has 2 aromatic heterocycles. The lowest BCUT2D eigenvalue weighted by Crippen LogP contribution is -2.48. The summed E-state index contributed by atoms with van der Waals surface area (Å²) >= 11 is 0. The molecule has 0 spiro atoms. The van der Waals surface area contributed by atoms with E-state index in [9.17, 15) is 14.7 Å². The quantitative estimate of drug-likeness (QED) is 0.741. The van der Waals surface area contributed by atoms with E-state index in [4.69, 9.17) is 5.11 Å². The number of hydrogen-bond acceptors (Lipinski definition) is 4. The van der Waals surface area contributed by atoms with Crippen LogP contribution in [0.5, 0.6) is 0 Å². The zero-order valence-electron chi connectivity index (χ0n) is 11.1. The lowest BCUT2D eigenvalue weighted by atomic mass is 10.1. The van der Waals surface area contributed by atoms with Crippen molar-refractivity contribution in [2.75, 3.05) is 0 Å². The molecule has 0 aromatic carbocycles. The zero-order valence-corrected chi connectivity index (χ0v) is 11.1. The molecule has 0 aliphatic carbocycles. The van der Waals surface area contributed by atoms with Gasteiger partial charge in [0.15, 0.2) is 6.04 Å². The lowest BCUT2D eigenvalue weighted by molar-refractivity contribution is -0.141. The lowest BCUT2D eigenvalue weighted by Gasteiger charge is -2.17. The fourth-order valence-corrected chi connectivity index (χ4v) is 1.99. The molecule has 2 unspecified atom stereocenters. The van der Waals surface area contributed by atoms with Crippen molar-refractivity contribution in [3.8, 4) is 0 Å². The van der Waals surface area contributed by atoms with Gasteiger partial charge in [0.1, 0.15) is 11.3 Å². The van der Waals surface area contributed by atoms with Crippen molar-refractivity contribution in [2.24, 2.45) is 0 Å². The van der Waals surface area contributed by atoms with E-state index < -0.39 is 24.0 Å². The summed E-state index contributed by atoms with van der Waals surface area (Å²) in [6, 6.07) is 3.91. The number of pyridine rings is 1. The largest absolute Gasteiger partial charge is 0.480 e. The van der Waals surface area contributed by atoms with Gasteiger partial charge in [-0.3, -0.25) is 9.20 Å². The van der Waals surface area contributed by atoms with Crippen molar-refractivity contribution in [2.45, 2.75) is 26.0 Å². The molecule has 3 N–H and O–H groups in total. The van der Waals surface area contributed by atoms with Crippen LogP contribution in [0.3, 0.4) is 0 Å². The number of fused-ring (bicyclic) bond motifs is 1. The summed E-state index contributed by atoms with van der Waals surface area (Å²) in [5.74, 6) is -1.88. The van der Waals surface area contributed by atoms with Crippen LogP contribution in [0, 0.1) is 6.92 Å². The highest BCUT2D eigenvalue weighted by Crippen LogP contribution is 2.12. The first kappa shape index (κ1) is 14.0. The number of carboxylic acid groups (broad SMARTS) is 1. The summed E-state index contributed by atoms with van der Waals surface area (Å²) in [7, 11) is 0. The minimum atomic E-state index is -1.36. The Balaban J connectivity index is 2.36. The number of carbonyl (C=O) groups is 2. The molecule has 0 aliphatic rings. The molecule has 7 heteroatoms. The number of hydrogen-bond donors (Lipinski definition) is 3. The van der Waals surface area contributed by atoms with Crippen molar-refractivity contribution in [1.82, 2.24) is 14.7 Å². The molecule has 0 saturated heterocycles. The molecular weight excluding hydrogens is 262 g/mol. The fraction of sp³-hybridized carbons (Fsp3) is 0.308. The van der Waals surface area contributed by atoms with Gasteiger partial charge in [-0.15, -0.1) is 0 Å². The summed E-state index contributed by atoms with van der Waals surface area (Å²) in [5.41, 5.74) is 1.34. The second kappa shape index (κ2) is 5.30. The molecule has 0 fully saturated rings. The molecule has 2 atom stereocenters. The highest BCUT2D eigenvalue weighted by molar-refractivity contribution is 5.97. The SMILES string of the molecule is Cc1nc2ccccn2c1C(=O)NC(C(=O)O)C(C)O.